The number of ether oxygens (including phenoxy) is 1. The van der Waals surface area contributed by atoms with E-state index < -0.39 is 0 Å². The van der Waals surface area contributed by atoms with Crippen molar-refractivity contribution >= 4 is 52.5 Å². The summed E-state index contributed by atoms with van der Waals surface area (Å²) in [4.78, 5) is 15.1. The van der Waals surface area contributed by atoms with Gasteiger partial charge in [-0.05, 0) is 53.1 Å². The third kappa shape index (κ3) is 5.66. The van der Waals surface area contributed by atoms with Crippen LogP contribution in [0.5, 0.6) is 0 Å². The zero-order chi connectivity index (χ0) is 21.8. The highest BCUT2D eigenvalue weighted by molar-refractivity contribution is 7.99. The first-order valence-electron chi connectivity index (χ1n) is 10.1. The molecule has 0 saturated carbocycles. The van der Waals surface area contributed by atoms with Crippen LogP contribution < -0.4 is 0 Å². The summed E-state index contributed by atoms with van der Waals surface area (Å²) in [5, 5.41) is 2.23. The van der Waals surface area contributed by atoms with Gasteiger partial charge in [0.2, 0.25) is 5.91 Å². The van der Waals surface area contributed by atoms with Crippen LogP contribution in [0.25, 0.3) is 0 Å². The summed E-state index contributed by atoms with van der Waals surface area (Å²) in [6, 6.07) is 12.8. The number of morpholine rings is 1. The number of nitrogens with zero attached hydrogens (tertiary/aromatic N) is 1. The number of rotatable bonds is 7. The quantitative estimate of drug-likeness (QED) is 0.414. The minimum Gasteiger partial charge on any atom is -0.361 e. The van der Waals surface area contributed by atoms with Gasteiger partial charge >= 0.3 is 0 Å². The van der Waals surface area contributed by atoms with Crippen LogP contribution in [0.2, 0.25) is 15.1 Å². The molecule has 0 radical (unpaired) electrons. The summed E-state index contributed by atoms with van der Waals surface area (Å²) in [6.45, 7) is 6.50. The van der Waals surface area contributed by atoms with Crippen LogP contribution in [0.3, 0.4) is 0 Å². The molecule has 3 rings (SSSR count). The highest BCUT2D eigenvalue weighted by atomic mass is 35.5. The van der Waals surface area contributed by atoms with E-state index in [0.717, 1.165) is 23.3 Å². The Bertz CT molecular complexity index is 855. The number of benzene rings is 2. The maximum atomic E-state index is 13.1. The molecule has 1 aliphatic rings. The molecule has 0 unspecified atom stereocenters. The molecule has 1 fully saturated rings. The molecule has 0 bridgehead atoms. The van der Waals surface area contributed by atoms with Gasteiger partial charge in [-0.1, -0.05) is 67.7 Å². The monoisotopic (exact) mass is 485 g/mol. The lowest BCUT2D eigenvalue weighted by Crippen LogP contribution is -2.51. The molecular formula is C23H26Cl3NO2S. The van der Waals surface area contributed by atoms with Crippen LogP contribution in [0, 0.1) is 0 Å². The standard InChI is InChI=1S/C23H26Cl3NO2S/c1-4-20(13-30-14(2)3)27-21(28)12-29-23(16-9-18(25)11-19(26)10-16)22(27)15-5-7-17(24)8-6-15/h5-11,14,20,22-23H,4,12-13H2,1-3H3/t20-,22+,23+/m0/s1. The molecule has 30 heavy (non-hydrogen) atoms. The van der Waals surface area contributed by atoms with E-state index in [9.17, 15) is 4.79 Å². The molecule has 1 amide bonds. The van der Waals surface area contributed by atoms with Crippen molar-refractivity contribution in [2.75, 3.05) is 12.4 Å². The Hall–Kier alpha value is -0.910. The minimum absolute atomic E-state index is 0.00414. The molecule has 0 aliphatic carbocycles. The number of halogens is 3. The smallest absolute Gasteiger partial charge is 0.249 e. The van der Waals surface area contributed by atoms with Crippen molar-refractivity contribution in [2.24, 2.45) is 0 Å². The summed E-state index contributed by atoms with van der Waals surface area (Å²) in [5.74, 6) is 0.864. The maximum Gasteiger partial charge on any atom is 0.249 e. The fourth-order valence-electron chi connectivity index (χ4n) is 3.77. The molecule has 3 nitrogen and oxygen atoms in total. The van der Waals surface area contributed by atoms with Crippen LogP contribution in [-0.4, -0.2) is 34.5 Å². The van der Waals surface area contributed by atoms with Gasteiger partial charge in [0, 0.05) is 26.9 Å². The van der Waals surface area contributed by atoms with Crippen molar-refractivity contribution < 1.29 is 9.53 Å². The van der Waals surface area contributed by atoms with E-state index in [-0.39, 0.29) is 30.7 Å². The van der Waals surface area contributed by atoms with Gasteiger partial charge < -0.3 is 9.64 Å². The van der Waals surface area contributed by atoms with Gasteiger partial charge in [0.1, 0.15) is 12.7 Å². The summed E-state index contributed by atoms with van der Waals surface area (Å²) < 4.78 is 6.09. The van der Waals surface area contributed by atoms with Crippen LogP contribution in [-0.2, 0) is 9.53 Å². The van der Waals surface area contributed by atoms with E-state index >= 15 is 0 Å². The minimum atomic E-state index is -0.377. The molecule has 0 spiro atoms. The lowest BCUT2D eigenvalue weighted by Gasteiger charge is -2.45. The van der Waals surface area contributed by atoms with E-state index in [1.54, 1.807) is 6.07 Å². The lowest BCUT2D eigenvalue weighted by atomic mass is 9.91. The van der Waals surface area contributed by atoms with Gasteiger partial charge in [-0.3, -0.25) is 4.79 Å². The molecule has 1 aliphatic heterocycles. The average Bonchev–Trinajstić information content (AvgIpc) is 2.69. The third-order valence-electron chi connectivity index (χ3n) is 5.17. The molecule has 162 valence electrons. The van der Waals surface area contributed by atoms with E-state index in [4.69, 9.17) is 39.5 Å². The number of carbonyl (C=O) groups is 1. The SMILES string of the molecule is CC[C@@H](CSC(C)C)N1C(=O)CO[C@H](c2cc(Cl)cc(Cl)c2)[C@H]1c1ccc(Cl)cc1. The molecule has 2 aromatic rings. The molecule has 7 heteroatoms. The summed E-state index contributed by atoms with van der Waals surface area (Å²) in [7, 11) is 0. The molecular weight excluding hydrogens is 461 g/mol. The molecule has 0 N–H and O–H groups in total. The Morgan fingerprint density at radius 3 is 2.23 bits per heavy atom. The Morgan fingerprint density at radius 2 is 1.67 bits per heavy atom. The second kappa shape index (κ2) is 10.6. The highest BCUT2D eigenvalue weighted by Crippen LogP contribution is 2.43. The van der Waals surface area contributed by atoms with Crippen LogP contribution in [0.4, 0.5) is 0 Å². The van der Waals surface area contributed by atoms with Crippen molar-refractivity contribution in [3.05, 3.63) is 68.7 Å². The molecule has 1 heterocycles. The predicted molar refractivity (Wildman–Crippen MR) is 128 cm³/mol. The zero-order valence-corrected chi connectivity index (χ0v) is 20.4. The van der Waals surface area contributed by atoms with E-state index in [0.29, 0.717) is 20.3 Å². The molecule has 0 aromatic heterocycles. The fraction of sp³-hybridized carbons (Fsp3) is 0.435. The normalized spacial score (nSPS) is 20.6. The van der Waals surface area contributed by atoms with Gasteiger partial charge in [0.15, 0.2) is 0 Å². The highest BCUT2D eigenvalue weighted by Gasteiger charge is 2.41. The fourth-order valence-corrected chi connectivity index (χ4v) is 5.44. The van der Waals surface area contributed by atoms with Crippen molar-refractivity contribution in [2.45, 2.75) is 50.6 Å². The Balaban J connectivity index is 2.07. The topological polar surface area (TPSA) is 29.5 Å². The number of hydrogen-bond donors (Lipinski definition) is 0. The number of thioether (sulfide) groups is 1. The first kappa shape index (κ1) is 23.7. The number of amides is 1. The Morgan fingerprint density at radius 1 is 1.03 bits per heavy atom. The number of hydrogen-bond acceptors (Lipinski definition) is 3. The Kier molecular flexibility index (Phi) is 8.39. The van der Waals surface area contributed by atoms with E-state index in [1.165, 1.54) is 0 Å². The first-order valence-corrected chi connectivity index (χ1v) is 12.2. The first-order chi connectivity index (χ1) is 14.3. The average molecular weight is 487 g/mol. The van der Waals surface area contributed by atoms with Gasteiger partial charge in [0.05, 0.1) is 6.04 Å². The molecule has 3 atom stereocenters. The van der Waals surface area contributed by atoms with Crippen molar-refractivity contribution in [3.8, 4) is 0 Å². The van der Waals surface area contributed by atoms with Gasteiger partial charge in [0.25, 0.3) is 0 Å². The molecule has 1 saturated heterocycles. The Labute approximate surface area is 198 Å². The summed E-state index contributed by atoms with van der Waals surface area (Å²) in [6.07, 6.45) is 0.483. The van der Waals surface area contributed by atoms with Crippen LogP contribution >= 0.6 is 46.6 Å². The third-order valence-corrected chi connectivity index (χ3v) is 7.10. The van der Waals surface area contributed by atoms with Crippen LogP contribution in [0.15, 0.2) is 42.5 Å². The predicted octanol–water partition coefficient (Wildman–Crippen LogP) is 7.21. The summed E-state index contributed by atoms with van der Waals surface area (Å²) in [5.41, 5.74) is 1.83. The van der Waals surface area contributed by atoms with Gasteiger partial charge in [-0.15, -0.1) is 0 Å². The van der Waals surface area contributed by atoms with Gasteiger partial charge in [-0.2, -0.15) is 11.8 Å². The van der Waals surface area contributed by atoms with E-state index in [2.05, 4.69) is 20.8 Å². The van der Waals surface area contributed by atoms with Gasteiger partial charge in [-0.25, -0.2) is 0 Å². The maximum absolute atomic E-state index is 13.1. The second-order valence-corrected chi connectivity index (χ2v) is 10.6. The van der Waals surface area contributed by atoms with Crippen molar-refractivity contribution in [3.63, 3.8) is 0 Å². The van der Waals surface area contributed by atoms with Crippen molar-refractivity contribution in [1.82, 2.24) is 4.90 Å². The largest absolute Gasteiger partial charge is 0.361 e. The summed E-state index contributed by atoms with van der Waals surface area (Å²) >= 11 is 20.6. The van der Waals surface area contributed by atoms with Crippen LogP contribution in [0.1, 0.15) is 50.5 Å². The molecule has 2 aromatic carbocycles. The lowest BCUT2D eigenvalue weighted by molar-refractivity contribution is -0.162. The number of carbonyl (C=O) groups excluding carboxylic acids is 1. The second-order valence-electron chi connectivity index (χ2n) is 7.68. The zero-order valence-electron chi connectivity index (χ0n) is 17.3. The van der Waals surface area contributed by atoms with E-state index in [1.807, 2.05) is 53.1 Å². The van der Waals surface area contributed by atoms with Crippen molar-refractivity contribution in [1.29, 1.82) is 0 Å².